The maximum atomic E-state index is 12.2. The largest absolute Gasteiger partial charge is 0.481 e. The number of nitrogens with one attached hydrogen (secondary N) is 1. The second-order valence-electron chi connectivity index (χ2n) is 7.22. The predicted molar refractivity (Wildman–Crippen MR) is 111 cm³/mol. The van der Waals surface area contributed by atoms with E-state index in [4.69, 9.17) is 9.47 Å². The Labute approximate surface area is 170 Å². The van der Waals surface area contributed by atoms with Crippen LogP contribution in [-0.4, -0.2) is 41.6 Å². The Bertz CT molecular complexity index is 810. The lowest BCUT2D eigenvalue weighted by Gasteiger charge is -2.26. The van der Waals surface area contributed by atoms with Crippen molar-refractivity contribution in [2.24, 2.45) is 10.5 Å². The molecule has 0 aliphatic carbocycles. The molecule has 0 aliphatic rings. The fourth-order valence-electron chi connectivity index (χ4n) is 2.12. The number of hydrogen-bond acceptors (Lipinski definition) is 7. The normalized spacial score (nSPS) is 12.6. The summed E-state index contributed by atoms with van der Waals surface area (Å²) in [5.41, 5.74) is 4.08. The molecule has 0 bridgehead atoms. The van der Waals surface area contributed by atoms with Crippen molar-refractivity contribution in [3.05, 3.63) is 41.5 Å². The van der Waals surface area contributed by atoms with Crippen LogP contribution in [0.1, 0.15) is 36.7 Å². The molecule has 8 heteroatoms. The van der Waals surface area contributed by atoms with E-state index < -0.39 is 0 Å². The molecule has 0 spiro atoms. The van der Waals surface area contributed by atoms with Gasteiger partial charge in [0.25, 0.3) is 5.91 Å². The van der Waals surface area contributed by atoms with Gasteiger partial charge in [-0.2, -0.15) is 15.1 Å². The summed E-state index contributed by atoms with van der Waals surface area (Å²) < 4.78 is 10.4. The number of benzene rings is 1. The molecule has 0 fully saturated rings. The second-order valence-corrected chi connectivity index (χ2v) is 8.33. The first kappa shape index (κ1) is 21.7. The predicted octanol–water partition coefficient (Wildman–Crippen LogP) is 3.72. The van der Waals surface area contributed by atoms with E-state index in [9.17, 15) is 4.79 Å². The third kappa shape index (κ3) is 6.23. The lowest BCUT2D eigenvalue weighted by atomic mass is 9.92. The van der Waals surface area contributed by atoms with Crippen LogP contribution < -0.4 is 14.9 Å². The van der Waals surface area contributed by atoms with Gasteiger partial charge in [-0.1, -0.05) is 50.2 Å². The molecule has 1 amide bonds. The molecule has 7 nitrogen and oxygen atoms in total. The Morgan fingerprint density at radius 2 is 1.71 bits per heavy atom. The number of carbonyl (C=O) groups is 1. The van der Waals surface area contributed by atoms with Crippen LogP contribution in [0, 0.1) is 12.3 Å². The molecule has 1 unspecified atom stereocenters. The van der Waals surface area contributed by atoms with E-state index in [1.807, 2.05) is 19.1 Å². The van der Waals surface area contributed by atoms with Crippen LogP contribution in [0.25, 0.3) is 0 Å². The Morgan fingerprint density at radius 3 is 2.21 bits per heavy atom. The fourth-order valence-corrected chi connectivity index (χ4v) is 3.11. The van der Waals surface area contributed by atoms with Gasteiger partial charge in [0.15, 0.2) is 5.16 Å². The summed E-state index contributed by atoms with van der Waals surface area (Å²) >= 11 is 1.42. The van der Waals surface area contributed by atoms with Crippen LogP contribution in [0.15, 0.2) is 40.6 Å². The molecule has 28 heavy (non-hydrogen) atoms. The Morgan fingerprint density at radius 1 is 1.14 bits per heavy atom. The highest BCUT2D eigenvalue weighted by Crippen LogP contribution is 2.34. The topological polar surface area (TPSA) is 85.7 Å². The van der Waals surface area contributed by atoms with Crippen molar-refractivity contribution in [3.63, 3.8) is 0 Å². The molecule has 2 aromatic rings. The number of nitrogens with zero attached hydrogens (tertiary/aromatic N) is 3. The third-order valence-electron chi connectivity index (χ3n) is 3.85. The molecule has 1 atom stereocenters. The van der Waals surface area contributed by atoms with Crippen LogP contribution in [0.4, 0.5) is 0 Å². The number of aryl methyl sites for hydroxylation is 1. The van der Waals surface area contributed by atoms with E-state index in [1.165, 1.54) is 11.8 Å². The number of methoxy groups -OCH3 is 2. The van der Waals surface area contributed by atoms with Crippen molar-refractivity contribution >= 4 is 23.9 Å². The summed E-state index contributed by atoms with van der Waals surface area (Å²) in [6, 6.07) is 8.94. The van der Waals surface area contributed by atoms with Crippen molar-refractivity contribution in [3.8, 4) is 11.8 Å². The Balaban J connectivity index is 2.13. The number of aromatic nitrogens is 2. The van der Waals surface area contributed by atoms with Crippen LogP contribution in [-0.2, 0) is 0 Å². The first-order chi connectivity index (χ1) is 13.2. The maximum absolute atomic E-state index is 12.2. The van der Waals surface area contributed by atoms with Gasteiger partial charge in [-0.15, -0.1) is 0 Å². The molecule has 0 radical (unpaired) electrons. The van der Waals surface area contributed by atoms with Crippen LogP contribution >= 0.6 is 11.8 Å². The number of rotatable bonds is 7. The summed E-state index contributed by atoms with van der Waals surface area (Å²) in [5, 5.41) is 4.57. The number of amides is 1. The van der Waals surface area contributed by atoms with E-state index >= 15 is 0 Å². The molecule has 2 rings (SSSR count). The first-order valence-corrected chi connectivity index (χ1v) is 9.65. The van der Waals surface area contributed by atoms with Crippen LogP contribution in [0.5, 0.6) is 11.8 Å². The molecule has 0 aliphatic heterocycles. The van der Waals surface area contributed by atoms with Gasteiger partial charge in [-0.25, -0.2) is 5.43 Å². The van der Waals surface area contributed by atoms with Crippen molar-refractivity contribution < 1.29 is 14.3 Å². The third-order valence-corrected chi connectivity index (χ3v) is 5.33. The van der Waals surface area contributed by atoms with Crippen LogP contribution in [0.2, 0.25) is 0 Å². The van der Waals surface area contributed by atoms with E-state index in [2.05, 4.69) is 41.3 Å². The molecule has 1 heterocycles. The van der Waals surface area contributed by atoms with Crippen molar-refractivity contribution in [1.82, 2.24) is 15.4 Å². The van der Waals surface area contributed by atoms with E-state index in [1.54, 1.807) is 38.6 Å². The lowest BCUT2D eigenvalue weighted by Crippen LogP contribution is -2.27. The fraction of sp³-hybridized carbons (Fsp3) is 0.400. The van der Waals surface area contributed by atoms with Crippen molar-refractivity contribution in [2.75, 3.05) is 14.2 Å². The quantitative estimate of drug-likeness (QED) is 0.329. The highest BCUT2D eigenvalue weighted by molar-refractivity contribution is 8.00. The van der Waals surface area contributed by atoms with Gasteiger partial charge in [0.05, 0.1) is 25.5 Å². The minimum absolute atomic E-state index is 0.0948. The number of hydrogen-bond donors (Lipinski definition) is 1. The van der Waals surface area contributed by atoms with Gasteiger partial charge in [-0.3, -0.25) is 4.79 Å². The summed E-state index contributed by atoms with van der Waals surface area (Å²) in [5.74, 6) is 0.589. The second kappa shape index (κ2) is 9.54. The molecule has 150 valence electrons. The minimum Gasteiger partial charge on any atom is -0.481 e. The number of carbonyl (C=O) groups excluding carboxylic acids is 1. The number of ether oxygens (including phenoxy) is 2. The zero-order chi connectivity index (χ0) is 20.7. The summed E-state index contributed by atoms with van der Waals surface area (Å²) in [6.07, 6.45) is 1.70. The van der Waals surface area contributed by atoms with Gasteiger partial charge in [0, 0.05) is 11.8 Å². The highest BCUT2D eigenvalue weighted by atomic mass is 32.2. The minimum atomic E-state index is -0.256. The highest BCUT2D eigenvalue weighted by Gasteiger charge is 2.26. The summed E-state index contributed by atoms with van der Waals surface area (Å²) in [7, 11) is 3.08. The molecule has 1 N–H and O–H groups in total. The average Bonchev–Trinajstić information content (AvgIpc) is 2.66. The summed E-state index contributed by atoms with van der Waals surface area (Å²) in [4.78, 5) is 20.9. The standard InChI is InChI=1S/C20H26N4O3S/c1-13-7-9-14(10-8-13)18(25)24-21-12-15(20(2,3)4)28-19-22-16(26-5)11-17(23-19)27-6/h7-12,15H,1-6H3,(H,24,25)/b21-12+. The number of thioether (sulfide) groups is 1. The maximum Gasteiger partial charge on any atom is 0.271 e. The van der Waals surface area contributed by atoms with E-state index in [0.29, 0.717) is 22.5 Å². The van der Waals surface area contributed by atoms with Gasteiger partial charge in [0.2, 0.25) is 11.8 Å². The molecular weight excluding hydrogens is 376 g/mol. The van der Waals surface area contributed by atoms with Crippen molar-refractivity contribution in [1.29, 1.82) is 0 Å². The van der Waals surface area contributed by atoms with Crippen LogP contribution in [0.3, 0.4) is 0 Å². The Hall–Kier alpha value is -2.61. The monoisotopic (exact) mass is 402 g/mol. The first-order valence-electron chi connectivity index (χ1n) is 8.77. The zero-order valence-corrected chi connectivity index (χ0v) is 17.8. The average molecular weight is 403 g/mol. The van der Waals surface area contributed by atoms with Gasteiger partial charge in [-0.05, 0) is 24.5 Å². The van der Waals surface area contributed by atoms with E-state index in [0.717, 1.165) is 5.56 Å². The van der Waals surface area contributed by atoms with E-state index in [-0.39, 0.29) is 16.6 Å². The van der Waals surface area contributed by atoms with Gasteiger partial charge < -0.3 is 9.47 Å². The zero-order valence-electron chi connectivity index (χ0n) is 17.0. The molecule has 0 saturated carbocycles. The molecule has 0 saturated heterocycles. The molecular formula is C20H26N4O3S. The number of hydrazone groups is 1. The van der Waals surface area contributed by atoms with Gasteiger partial charge >= 0.3 is 0 Å². The van der Waals surface area contributed by atoms with Crippen molar-refractivity contribution in [2.45, 2.75) is 38.1 Å². The lowest BCUT2D eigenvalue weighted by molar-refractivity contribution is 0.0955. The molecule has 1 aromatic heterocycles. The smallest absolute Gasteiger partial charge is 0.271 e. The summed E-state index contributed by atoms with van der Waals surface area (Å²) in [6.45, 7) is 8.21. The Kier molecular flexibility index (Phi) is 7.39. The molecule has 1 aromatic carbocycles. The SMILES string of the molecule is COc1cc(OC)nc(SC(/C=N/NC(=O)c2ccc(C)cc2)C(C)(C)C)n1. The van der Waals surface area contributed by atoms with Gasteiger partial charge in [0.1, 0.15) is 0 Å².